The first-order valence-corrected chi connectivity index (χ1v) is 7.10. The number of likely N-dealkylation sites (N-methyl/N-ethyl adjacent to an activating group) is 1. The summed E-state index contributed by atoms with van der Waals surface area (Å²) in [5.74, 6) is 0.0957. The van der Waals surface area contributed by atoms with E-state index in [1.165, 1.54) is 0 Å². The fourth-order valence-corrected chi connectivity index (χ4v) is 3.07. The predicted molar refractivity (Wildman–Crippen MR) is 71.8 cm³/mol. The first kappa shape index (κ1) is 14.2. The van der Waals surface area contributed by atoms with Crippen molar-refractivity contribution in [3.63, 3.8) is 0 Å². The largest absolute Gasteiger partial charge is 0.444 e. The van der Waals surface area contributed by atoms with Gasteiger partial charge in [0.25, 0.3) is 0 Å². The second-order valence-electron chi connectivity index (χ2n) is 6.40. The quantitative estimate of drug-likeness (QED) is 0.731. The molecule has 2 aliphatic rings. The van der Waals surface area contributed by atoms with E-state index in [-0.39, 0.29) is 12.0 Å². The molecular weight excluding hydrogens is 244 g/mol. The van der Waals surface area contributed by atoms with Gasteiger partial charge in [0.05, 0.1) is 0 Å². The third-order valence-electron chi connectivity index (χ3n) is 3.96. The minimum atomic E-state index is -0.627. The molecule has 0 bridgehead atoms. The lowest BCUT2D eigenvalue weighted by Crippen LogP contribution is -2.53. The summed E-state index contributed by atoms with van der Waals surface area (Å²) in [4.78, 5) is 28.3. The van der Waals surface area contributed by atoms with Gasteiger partial charge in [-0.2, -0.15) is 0 Å². The first-order chi connectivity index (χ1) is 8.80. The zero-order valence-corrected chi connectivity index (χ0v) is 12.4. The third kappa shape index (κ3) is 2.42. The second kappa shape index (κ2) is 4.69. The minimum absolute atomic E-state index is 0.0957. The summed E-state index contributed by atoms with van der Waals surface area (Å²) in [7, 11) is 0. The Morgan fingerprint density at radius 1 is 1.32 bits per heavy atom. The van der Waals surface area contributed by atoms with Crippen LogP contribution in [0.2, 0.25) is 0 Å². The monoisotopic (exact) mass is 268 g/mol. The Hall–Kier alpha value is -1.26. The molecule has 0 aromatic heterocycles. The van der Waals surface area contributed by atoms with Crippen molar-refractivity contribution in [1.29, 1.82) is 0 Å². The summed E-state index contributed by atoms with van der Waals surface area (Å²) in [5.41, 5.74) is -1.15. The molecule has 0 N–H and O–H groups in total. The number of carbonyl (C=O) groups is 2. The molecule has 2 aliphatic heterocycles. The van der Waals surface area contributed by atoms with Crippen LogP contribution < -0.4 is 0 Å². The molecule has 0 aliphatic carbocycles. The molecule has 2 amide bonds. The van der Waals surface area contributed by atoms with Crippen LogP contribution in [0.3, 0.4) is 0 Å². The topological polar surface area (TPSA) is 49.9 Å². The SMILES string of the molecule is CCN1CCC2(CCCN2C(=O)OC(C)(C)C)C1=O. The highest BCUT2D eigenvalue weighted by atomic mass is 16.6. The molecule has 5 heteroatoms. The highest BCUT2D eigenvalue weighted by Crippen LogP contribution is 2.39. The van der Waals surface area contributed by atoms with E-state index in [0.29, 0.717) is 13.1 Å². The summed E-state index contributed by atoms with van der Waals surface area (Å²) in [6, 6.07) is 0. The molecule has 0 saturated carbocycles. The third-order valence-corrected chi connectivity index (χ3v) is 3.96. The highest BCUT2D eigenvalue weighted by molar-refractivity contribution is 5.92. The number of likely N-dealkylation sites (tertiary alicyclic amines) is 2. The fourth-order valence-electron chi connectivity index (χ4n) is 3.07. The van der Waals surface area contributed by atoms with Crippen LogP contribution in [-0.2, 0) is 9.53 Å². The van der Waals surface area contributed by atoms with E-state index in [2.05, 4.69) is 0 Å². The van der Waals surface area contributed by atoms with Crippen molar-refractivity contribution in [2.24, 2.45) is 0 Å². The predicted octanol–water partition coefficient (Wildman–Crippen LogP) is 2.01. The van der Waals surface area contributed by atoms with Crippen molar-refractivity contribution in [3.8, 4) is 0 Å². The van der Waals surface area contributed by atoms with E-state index in [0.717, 1.165) is 25.8 Å². The zero-order valence-electron chi connectivity index (χ0n) is 12.4. The van der Waals surface area contributed by atoms with Gasteiger partial charge in [0, 0.05) is 19.6 Å². The van der Waals surface area contributed by atoms with Crippen LogP contribution >= 0.6 is 0 Å². The Balaban J connectivity index is 2.18. The molecule has 2 rings (SSSR count). The Labute approximate surface area is 114 Å². The first-order valence-electron chi connectivity index (χ1n) is 7.10. The van der Waals surface area contributed by atoms with Gasteiger partial charge in [-0.25, -0.2) is 4.79 Å². The second-order valence-corrected chi connectivity index (χ2v) is 6.40. The number of carbonyl (C=O) groups excluding carboxylic acids is 2. The van der Waals surface area contributed by atoms with Gasteiger partial charge in [0.15, 0.2) is 0 Å². The summed E-state index contributed by atoms with van der Waals surface area (Å²) >= 11 is 0. The van der Waals surface area contributed by atoms with Gasteiger partial charge in [0.2, 0.25) is 5.91 Å². The van der Waals surface area contributed by atoms with Crippen LogP contribution in [0.5, 0.6) is 0 Å². The van der Waals surface area contributed by atoms with E-state index in [4.69, 9.17) is 4.74 Å². The number of rotatable bonds is 1. The molecule has 1 atom stereocenters. The van der Waals surface area contributed by atoms with Crippen molar-refractivity contribution >= 4 is 12.0 Å². The van der Waals surface area contributed by atoms with Crippen LogP contribution in [0.4, 0.5) is 4.79 Å². The summed E-state index contributed by atoms with van der Waals surface area (Å²) < 4.78 is 5.44. The van der Waals surface area contributed by atoms with Crippen molar-refractivity contribution in [3.05, 3.63) is 0 Å². The van der Waals surface area contributed by atoms with Crippen molar-refractivity contribution in [2.75, 3.05) is 19.6 Å². The van der Waals surface area contributed by atoms with E-state index in [1.807, 2.05) is 32.6 Å². The molecule has 0 aromatic carbocycles. The Bertz CT molecular complexity index is 389. The van der Waals surface area contributed by atoms with Gasteiger partial charge in [-0.3, -0.25) is 9.69 Å². The van der Waals surface area contributed by atoms with E-state index in [9.17, 15) is 9.59 Å². The molecule has 0 aromatic rings. The van der Waals surface area contributed by atoms with Crippen LogP contribution in [0.1, 0.15) is 47.0 Å². The number of hydrogen-bond donors (Lipinski definition) is 0. The number of nitrogens with zero attached hydrogens (tertiary/aromatic N) is 2. The lowest BCUT2D eigenvalue weighted by atomic mass is 9.94. The Morgan fingerprint density at radius 2 is 2.00 bits per heavy atom. The van der Waals surface area contributed by atoms with Crippen molar-refractivity contribution < 1.29 is 14.3 Å². The van der Waals surface area contributed by atoms with Gasteiger partial charge in [0.1, 0.15) is 11.1 Å². The summed E-state index contributed by atoms with van der Waals surface area (Å²) in [6.45, 7) is 9.60. The Kier molecular flexibility index (Phi) is 3.49. The molecule has 1 unspecified atom stereocenters. The average Bonchev–Trinajstić information content (AvgIpc) is 2.84. The van der Waals surface area contributed by atoms with Crippen molar-refractivity contribution in [1.82, 2.24) is 9.80 Å². The molecule has 2 saturated heterocycles. The van der Waals surface area contributed by atoms with Crippen LogP contribution in [0.15, 0.2) is 0 Å². The maximum Gasteiger partial charge on any atom is 0.411 e. The van der Waals surface area contributed by atoms with E-state index < -0.39 is 11.1 Å². The maximum absolute atomic E-state index is 12.5. The fraction of sp³-hybridized carbons (Fsp3) is 0.857. The van der Waals surface area contributed by atoms with Gasteiger partial charge in [-0.05, 0) is 47.0 Å². The number of hydrogen-bond acceptors (Lipinski definition) is 3. The van der Waals surface area contributed by atoms with Gasteiger partial charge >= 0.3 is 6.09 Å². The molecule has 1 spiro atoms. The number of amides is 2. The van der Waals surface area contributed by atoms with Gasteiger partial charge < -0.3 is 9.64 Å². The molecule has 19 heavy (non-hydrogen) atoms. The highest BCUT2D eigenvalue weighted by Gasteiger charge is 2.55. The van der Waals surface area contributed by atoms with Crippen LogP contribution in [0, 0.1) is 0 Å². The smallest absolute Gasteiger partial charge is 0.411 e. The molecule has 0 radical (unpaired) electrons. The lowest BCUT2D eigenvalue weighted by molar-refractivity contribution is -0.136. The van der Waals surface area contributed by atoms with Gasteiger partial charge in [-0.15, -0.1) is 0 Å². The molecule has 2 fully saturated rings. The lowest BCUT2D eigenvalue weighted by Gasteiger charge is -2.34. The molecular formula is C14H24N2O3. The Morgan fingerprint density at radius 3 is 2.53 bits per heavy atom. The summed E-state index contributed by atoms with van der Waals surface area (Å²) in [6.07, 6.45) is 2.03. The zero-order chi connectivity index (χ0) is 14.3. The van der Waals surface area contributed by atoms with Crippen LogP contribution in [-0.4, -0.2) is 52.6 Å². The van der Waals surface area contributed by atoms with Gasteiger partial charge in [-0.1, -0.05) is 0 Å². The average molecular weight is 268 g/mol. The van der Waals surface area contributed by atoms with Crippen molar-refractivity contribution in [2.45, 2.75) is 58.1 Å². The van der Waals surface area contributed by atoms with Crippen LogP contribution in [0.25, 0.3) is 0 Å². The maximum atomic E-state index is 12.5. The summed E-state index contributed by atoms with van der Waals surface area (Å²) in [5, 5.41) is 0. The van der Waals surface area contributed by atoms with E-state index in [1.54, 1.807) is 4.90 Å². The standard InChI is InChI=1S/C14H24N2O3/c1-5-15-10-8-14(11(15)17)7-6-9-16(14)12(18)19-13(2,3)4/h5-10H2,1-4H3. The van der Waals surface area contributed by atoms with E-state index >= 15 is 0 Å². The minimum Gasteiger partial charge on any atom is -0.444 e. The normalized spacial score (nSPS) is 27.5. The molecule has 2 heterocycles. The molecule has 5 nitrogen and oxygen atoms in total. The number of ether oxygens (including phenoxy) is 1. The molecule has 108 valence electrons.